The molecule has 94 valence electrons. The molecule has 0 aromatic carbocycles. The van der Waals surface area contributed by atoms with Crippen LogP contribution in [-0.4, -0.2) is 21.5 Å². The number of halogens is 1. The Labute approximate surface area is 110 Å². The van der Waals surface area contributed by atoms with Gasteiger partial charge in [-0.15, -0.1) is 0 Å². The molecule has 0 saturated carbocycles. The number of pyridine rings is 1. The molecule has 0 fully saturated rings. The largest absolute Gasteiger partial charge is 0.393 e. The van der Waals surface area contributed by atoms with Crippen molar-refractivity contribution in [3.05, 3.63) is 29.8 Å². The first-order valence-electron chi connectivity index (χ1n) is 5.44. The van der Waals surface area contributed by atoms with E-state index in [1.807, 2.05) is 6.92 Å². The molecule has 7 heteroatoms. The highest BCUT2D eigenvalue weighted by molar-refractivity contribution is 6.32. The predicted molar refractivity (Wildman–Crippen MR) is 73.1 cm³/mol. The summed E-state index contributed by atoms with van der Waals surface area (Å²) in [5.74, 6) is 1.09. The van der Waals surface area contributed by atoms with Crippen LogP contribution in [0.3, 0.4) is 0 Å². The van der Waals surface area contributed by atoms with Gasteiger partial charge in [0.1, 0.15) is 12.0 Å². The second-order valence-electron chi connectivity index (χ2n) is 3.48. The van der Waals surface area contributed by atoms with E-state index < -0.39 is 0 Å². The number of nitrogens with zero attached hydrogens (tertiary/aromatic N) is 3. The zero-order valence-electron chi connectivity index (χ0n) is 9.81. The average molecular weight is 265 g/mol. The zero-order valence-corrected chi connectivity index (χ0v) is 10.6. The van der Waals surface area contributed by atoms with Gasteiger partial charge in [-0.05, 0) is 19.1 Å². The number of anilines is 4. The van der Waals surface area contributed by atoms with E-state index in [-0.39, 0.29) is 0 Å². The quantitative estimate of drug-likeness (QED) is 0.734. The number of hydrogen-bond donors (Lipinski definition) is 3. The number of hydrogen-bond acceptors (Lipinski definition) is 6. The van der Waals surface area contributed by atoms with E-state index in [9.17, 15) is 0 Å². The third-order valence-corrected chi connectivity index (χ3v) is 2.54. The van der Waals surface area contributed by atoms with Crippen LogP contribution >= 0.6 is 11.6 Å². The Bertz CT molecular complexity index is 545. The Morgan fingerprint density at radius 1 is 1.28 bits per heavy atom. The molecule has 0 amide bonds. The second-order valence-corrected chi connectivity index (χ2v) is 3.84. The fourth-order valence-corrected chi connectivity index (χ4v) is 1.58. The van der Waals surface area contributed by atoms with Crippen LogP contribution in [0.2, 0.25) is 5.15 Å². The van der Waals surface area contributed by atoms with Gasteiger partial charge in [0.15, 0.2) is 16.8 Å². The summed E-state index contributed by atoms with van der Waals surface area (Å²) in [4.78, 5) is 12.1. The molecular weight excluding hydrogens is 252 g/mol. The van der Waals surface area contributed by atoms with Gasteiger partial charge >= 0.3 is 0 Å². The first-order chi connectivity index (χ1) is 8.72. The summed E-state index contributed by atoms with van der Waals surface area (Å²) in [7, 11) is 0. The topological polar surface area (TPSA) is 88.8 Å². The molecule has 6 nitrogen and oxygen atoms in total. The van der Waals surface area contributed by atoms with Gasteiger partial charge in [-0.2, -0.15) is 0 Å². The molecule has 0 aliphatic heterocycles. The lowest BCUT2D eigenvalue weighted by molar-refractivity contribution is 1.11. The first-order valence-corrected chi connectivity index (χ1v) is 5.82. The van der Waals surface area contributed by atoms with E-state index in [0.29, 0.717) is 28.2 Å². The summed E-state index contributed by atoms with van der Waals surface area (Å²) >= 11 is 5.95. The smallest absolute Gasteiger partial charge is 0.159 e. The van der Waals surface area contributed by atoms with Crippen LogP contribution in [0.25, 0.3) is 0 Å². The summed E-state index contributed by atoms with van der Waals surface area (Å²) < 4.78 is 0. The normalized spacial score (nSPS) is 10.1. The highest BCUT2D eigenvalue weighted by Gasteiger charge is 2.09. The molecule has 2 rings (SSSR count). The molecule has 0 atom stereocenters. The number of aromatic nitrogens is 3. The van der Waals surface area contributed by atoms with Crippen LogP contribution in [-0.2, 0) is 0 Å². The fraction of sp³-hybridized carbons (Fsp3) is 0.182. The lowest BCUT2D eigenvalue weighted by Gasteiger charge is -2.11. The van der Waals surface area contributed by atoms with Crippen molar-refractivity contribution in [2.24, 2.45) is 0 Å². The van der Waals surface area contributed by atoms with Gasteiger partial charge in [-0.1, -0.05) is 11.6 Å². The SMILES string of the molecule is CCNc1ncnc(Nc2cccnc2Cl)c1N. The number of rotatable bonds is 4. The monoisotopic (exact) mass is 264 g/mol. The Hall–Kier alpha value is -2.08. The van der Waals surface area contributed by atoms with Crippen molar-refractivity contribution in [2.75, 3.05) is 22.9 Å². The Morgan fingerprint density at radius 2 is 2.06 bits per heavy atom. The Morgan fingerprint density at radius 3 is 2.78 bits per heavy atom. The van der Waals surface area contributed by atoms with E-state index in [1.165, 1.54) is 6.33 Å². The fourth-order valence-electron chi connectivity index (χ4n) is 1.41. The molecule has 2 aromatic rings. The summed E-state index contributed by atoms with van der Waals surface area (Å²) in [5, 5.41) is 6.44. The highest BCUT2D eigenvalue weighted by Crippen LogP contribution is 2.28. The molecule has 0 saturated heterocycles. The summed E-state index contributed by atoms with van der Waals surface area (Å²) in [6.07, 6.45) is 3.04. The van der Waals surface area contributed by atoms with Crippen LogP contribution < -0.4 is 16.4 Å². The van der Waals surface area contributed by atoms with E-state index in [4.69, 9.17) is 17.3 Å². The predicted octanol–water partition coefficient (Wildman–Crippen LogP) is 2.28. The van der Waals surface area contributed by atoms with Crippen LogP contribution in [0.15, 0.2) is 24.7 Å². The molecule has 2 aromatic heterocycles. The molecule has 0 spiro atoms. The molecule has 0 aliphatic carbocycles. The van der Waals surface area contributed by atoms with Crippen molar-refractivity contribution in [1.82, 2.24) is 15.0 Å². The lowest BCUT2D eigenvalue weighted by Crippen LogP contribution is -2.07. The lowest BCUT2D eigenvalue weighted by atomic mass is 10.3. The van der Waals surface area contributed by atoms with Crippen molar-refractivity contribution in [2.45, 2.75) is 6.92 Å². The van der Waals surface area contributed by atoms with Gasteiger partial charge in [0.25, 0.3) is 0 Å². The molecule has 0 unspecified atom stereocenters. The van der Waals surface area contributed by atoms with Crippen LogP contribution in [0.1, 0.15) is 6.92 Å². The van der Waals surface area contributed by atoms with E-state index in [1.54, 1.807) is 18.3 Å². The van der Waals surface area contributed by atoms with E-state index in [0.717, 1.165) is 6.54 Å². The molecule has 0 aliphatic rings. The van der Waals surface area contributed by atoms with Gasteiger partial charge in [-0.25, -0.2) is 15.0 Å². The summed E-state index contributed by atoms with van der Waals surface area (Å²) in [6.45, 7) is 2.70. The van der Waals surface area contributed by atoms with Crippen molar-refractivity contribution in [3.63, 3.8) is 0 Å². The molecule has 0 bridgehead atoms. The highest BCUT2D eigenvalue weighted by atomic mass is 35.5. The first kappa shape index (κ1) is 12.4. The standard InChI is InChI=1S/C11H13ClN6/c1-2-14-10-8(13)11(17-6-16-10)18-7-4-3-5-15-9(7)12/h3-6H,2,13H2,1H3,(H2,14,16,17,18). The van der Waals surface area contributed by atoms with Crippen molar-refractivity contribution in [3.8, 4) is 0 Å². The van der Waals surface area contributed by atoms with Gasteiger partial charge < -0.3 is 16.4 Å². The summed E-state index contributed by atoms with van der Waals surface area (Å²) in [6, 6.07) is 3.57. The van der Waals surface area contributed by atoms with E-state index >= 15 is 0 Å². The average Bonchev–Trinajstić information content (AvgIpc) is 2.37. The van der Waals surface area contributed by atoms with Crippen LogP contribution in [0, 0.1) is 0 Å². The molecule has 2 heterocycles. The number of nitrogens with one attached hydrogen (secondary N) is 2. The van der Waals surface area contributed by atoms with Gasteiger partial charge in [0, 0.05) is 12.7 Å². The van der Waals surface area contributed by atoms with Crippen molar-refractivity contribution in [1.29, 1.82) is 0 Å². The third kappa shape index (κ3) is 2.60. The van der Waals surface area contributed by atoms with Crippen LogP contribution in [0.4, 0.5) is 23.0 Å². The van der Waals surface area contributed by atoms with Gasteiger partial charge in [-0.3, -0.25) is 0 Å². The minimum atomic E-state index is 0.362. The second kappa shape index (κ2) is 5.50. The maximum absolute atomic E-state index is 5.95. The van der Waals surface area contributed by atoms with Gasteiger partial charge in [0.2, 0.25) is 0 Å². The molecule has 0 radical (unpaired) electrons. The number of nitrogens with two attached hydrogens (primary N) is 1. The third-order valence-electron chi connectivity index (χ3n) is 2.24. The maximum atomic E-state index is 5.95. The van der Waals surface area contributed by atoms with Crippen molar-refractivity contribution >= 4 is 34.6 Å². The van der Waals surface area contributed by atoms with Crippen molar-refractivity contribution < 1.29 is 0 Å². The molecule has 4 N–H and O–H groups in total. The van der Waals surface area contributed by atoms with Gasteiger partial charge in [0.05, 0.1) is 5.69 Å². The van der Waals surface area contributed by atoms with Crippen LogP contribution in [0.5, 0.6) is 0 Å². The minimum absolute atomic E-state index is 0.362. The molecule has 18 heavy (non-hydrogen) atoms. The number of nitrogen functional groups attached to an aromatic ring is 1. The maximum Gasteiger partial charge on any atom is 0.159 e. The summed E-state index contributed by atoms with van der Waals surface area (Å²) in [5.41, 5.74) is 7.04. The minimum Gasteiger partial charge on any atom is -0.393 e. The molecular formula is C11H13ClN6. The zero-order chi connectivity index (χ0) is 13.0. The Balaban J connectivity index is 2.30. The Kier molecular flexibility index (Phi) is 3.78. The van der Waals surface area contributed by atoms with E-state index in [2.05, 4.69) is 25.6 Å².